The average molecular weight is 234 g/mol. The van der Waals surface area contributed by atoms with Gasteiger partial charge in [-0.2, -0.15) is 0 Å². The normalized spacial score (nSPS) is 10.5. The molecule has 0 fully saturated rings. The Morgan fingerprint density at radius 1 is 1.47 bits per heavy atom. The zero-order valence-corrected chi connectivity index (χ0v) is 9.65. The van der Waals surface area contributed by atoms with E-state index in [-0.39, 0.29) is 5.82 Å². The van der Waals surface area contributed by atoms with Gasteiger partial charge in [0.05, 0.1) is 17.7 Å². The Balaban J connectivity index is 1.97. The van der Waals surface area contributed by atoms with E-state index in [1.807, 2.05) is 10.8 Å². The smallest absolute Gasteiger partial charge is 0.128 e. The molecule has 1 aromatic heterocycles. The fraction of sp³-hybridized carbons (Fsp3) is 0.250. The lowest BCUT2D eigenvalue weighted by molar-refractivity contribution is 0.619. The van der Waals surface area contributed by atoms with E-state index >= 15 is 0 Å². The first-order valence-electron chi connectivity index (χ1n) is 5.42. The molecule has 0 unspecified atom stereocenters. The number of nitrogens with one attached hydrogen (secondary N) is 1. The standard InChI is InChI=1S/C12H15FN4/c1-9-6-12(11(14)7-10(9)13)16-3-5-17-4-2-15-8-17/h2,4,6-8,16H,3,5,14H2,1H3. The van der Waals surface area contributed by atoms with Crippen molar-refractivity contribution in [1.29, 1.82) is 0 Å². The van der Waals surface area contributed by atoms with Gasteiger partial charge in [-0.3, -0.25) is 0 Å². The van der Waals surface area contributed by atoms with Crippen LogP contribution in [0.25, 0.3) is 0 Å². The number of rotatable bonds is 4. The highest BCUT2D eigenvalue weighted by molar-refractivity contribution is 5.67. The highest BCUT2D eigenvalue weighted by Gasteiger charge is 2.04. The van der Waals surface area contributed by atoms with Gasteiger partial charge in [-0.1, -0.05) is 0 Å². The van der Waals surface area contributed by atoms with E-state index in [1.54, 1.807) is 25.5 Å². The van der Waals surface area contributed by atoms with Crippen LogP contribution in [0.4, 0.5) is 15.8 Å². The summed E-state index contributed by atoms with van der Waals surface area (Å²) in [7, 11) is 0. The van der Waals surface area contributed by atoms with E-state index in [1.165, 1.54) is 6.07 Å². The van der Waals surface area contributed by atoms with Crippen LogP contribution in [0.3, 0.4) is 0 Å². The van der Waals surface area contributed by atoms with Gasteiger partial charge in [-0.15, -0.1) is 0 Å². The number of benzene rings is 1. The zero-order valence-electron chi connectivity index (χ0n) is 9.65. The van der Waals surface area contributed by atoms with E-state index in [2.05, 4.69) is 10.3 Å². The van der Waals surface area contributed by atoms with Crippen molar-refractivity contribution in [1.82, 2.24) is 9.55 Å². The van der Waals surface area contributed by atoms with Gasteiger partial charge < -0.3 is 15.6 Å². The van der Waals surface area contributed by atoms with Gasteiger partial charge >= 0.3 is 0 Å². The lowest BCUT2D eigenvalue weighted by Gasteiger charge is -2.11. The molecule has 90 valence electrons. The van der Waals surface area contributed by atoms with Gasteiger partial charge in [0.2, 0.25) is 0 Å². The summed E-state index contributed by atoms with van der Waals surface area (Å²) in [6.45, 7) is 3.22. The molecule has 1 heterocycles. The van der Waals surface area contributed by atoms with Crippen LogP contribution < -0.4 is 11.1 Å². The van der Waals surface area contributed by atoms with Crippen molar-refractivity contribution in [3.05, 3.63) is 42.2 Å². The summed E-state index contributed by atoms with van der Waals surface area (Å²) >= 11 is 0. The zero-order chi connectivity index (χ0) is 12.3. The third-order valence-corrected chi connectivity index (χ3v) is 2.58. The molecule has 0 saturated heterocycles. The molecule has 0 aliphatic rings. The molecule has 5 heteroatoms. The monoisotopic (exact) mass is 234 g/mol. The molecule has 3 N–H and O–H groups in total. The summed E-state index contributed by atoms with van der Waals surface area (Å²) in [6, 6.07) is 3.06. The molecule has 4 nitrogen and oxygen atoms in total. The predicted molar refractivity (Wildman–Crippen MR) is 66.3 cm³/mol. The number of halogens is 1. The number of aryl methyl sites for hydroxylation is 1. The van der Waals surface area contributed by atoms with E-state index in [9.17, 15) is 4.39 Å². The number of hydrogen-bond donors (Lipinski definition) is 2. The Labute approximate surface area is 99.3 Å². The fourth-order valence-electron chi connectivity index (χ4n) is 1.59. The summed E-state index contributed by atoms with van der Waals surface area (Å²) in [6.07, 6.45) is 5.37. The molecule has 0 atom stereocenters. The summed E-state index contributed by atoms with van der Waals surface area (Å²) in [5.41, 5.74) is 7.51. The maximum Gasteiger partial charge on any atom is 0.128 e. The van der Waals surface area contributed by atoms with Gasteiger partial charge in [-0.25, -0.2) is 9.37 Å². The van der Waals surface area contributed by atoms with E-state index in [0.29, 0.717) is 17.8 Å². The van der Waals surface area contributed by atoms with Crippen molar-refractivity contribution in [3.63, 3.8) is 0 Å². The van der Waals surface area contributed by atoms with Crippen LogP contribution in [0.5, 0.6) is 0 Å². The average Bonchev–Trinajstić information content (AvgIpc) is 2.78. The lowest BCUT2D eigenvalue weighted by Crippen LogP contribution is -2.10. The molecular weight excluding hydrogens is 219 g/mol. The minimum absolute atomic E-state index is 0.275. The number of anilines is 2. The van der Waals surface area contributed by atoms with Crippen molar-refractivity contribution >= 4 is 11.4 Å². The minimum atomic E-state index is -0.275. The number of nitrogens with two attached hydrogens (primary N) is 1. The van der Waals surface area contributed by atoms with Gasteiger partial charge in [-0.05, 0) is 24.6 Å². The first kappa shape index (κ1) is 11.4. The van der Waals surface area contributed by atoms with Crippen LogP contribution >= 0.6 is 0 Å². The van der Waals surface area contributed by atoms with E-state index in [0.717, 1.165) is 12.2 Å². The van der Waals surface area contributed by atoms with Crippen LogP contribution in [-0.2, 0) is 6.54 Å². The topological polar surface area (TPSA) is 55.9 Å². The maximum absolute atomic E-state index is 13.2. The molecule has 0 aliphatic carbocycles. The second-order valence-corrected chi connectivity index (χ2v) is 3.92. The minimum Gasteiger partial charge on any atom is -0.397 e. The quantitative estimate of drug-likeness (QED) is 0.796. The maximum atomic E-state index is 13.2. The Kier molecular flexibility index (Phi) is 3.27. The van der Waals surface area contributed by atoms with Crippen molar-refractivity contribution in [2.75, 3.05) is 17.6 Å². The SMILES string of the molecule is Cc1cc(NCCn2ccnc2)c(N)cc1F. The second-order valence-electron chi connectivity index (χ2n) is 3.92. The van der Waals surface area contributed by atoms with Crippen LogP contribution in [0.2, 0.25) is 0 Å². The third-order valence-electron chi connectivity index (χ3n) is 2.58. The number of imidazole rings is 1. The van der Waals surface area contributed by atoms with Gasteiger partial charge in [0.15, 0.2) is 0 Å². The molecule has 2 aromatic rings. The second kappa shape index (κ2) is 4.86. The van der Waals surface area contributed by atoms with Crippen molar-refractivity contribution in [2.24, 2.45) is 0 Å². The van der Waals surface area contributed by atoms with E-state index < -0.39 is 0 Å². The highest BCUT2D eigenvalue weighted by atomic mass is 19.1. The van der Waals surface area contributed by atoms with Crippen LogP contribution in [0, 0.1) is 12.7 Å². The van der Waals surface area contributed by atoms with E-state index in [4.69, 9.17) is 5.73 Å². The Morgan fingerprint density at radius 2 is 2.29 bits per heavy atom. The number of nitrogen functional groups attached to an aromatic ring is 1. The van der Waals surface area contributed by atoms with Gasteiger partial charge in [0.1, 0.15) is 5.82 Å². The molecule has 0 saturated carbocycles. The lowest BCUT2D eigenvalue weighted by atomic mass is 10.2. The van der Waals surface area contributed by atoms with Crippen LogP contribution in [0.15, 0.2) is 30.9 Å². The molecule has 0 amide bonds. The molecule has 0 bridgehead atoms. The molecule has 1 aromatic carbocycles. The van der Waals surface area contributed by atoms with Crippen molar-refractivity contribution < 1.29 is 4.39 Å². The molecule has 0 aliphatic heterocycles. The summed E-state index contributed by atoms with van der Waals surface area (Å²) in [5, 5.41) is 3.18. The highest BCUT2D eigenvalue weighted by Crippen LogP contribution is 2.22. The first-order valence-corrected chi connectivity index (χ1v) is 5.42. The fourth-order valence-corrected chi connectivity index (χ4v) is 1.59. The largest absolute Gasteiger partial charge is 0.397 e. The summed E-state index contributed by atoms with van der Waals surface area (Å²) in [5.74, 6) is -0.275. The Bertz CT molecular complexity index is 493. The summed E-state index contributed by atoms with van der Waals surface area (Å²) < 4.78 is 15.1. The van der Waals surface area contributed by atoms with Gasteiger partial charge in [0, 0.05) is 25.5 Å². The Hall–Kier alpha value is -2.04. The number of hydrogen-bond acceptors (Lipinski definition) is 3. The third kappa shape index (κ3) is 2.75. The number of aromatic nitrogens is 2. The molecule has 0 spiro atoms. The summed E-state index contributed by atoms with van der Waals surface area (Å²) in [4.78, 5) is 3.95. The van der Waals surface area contributed by atoms with Crippen LogP contribution in [-0.4, -0.2) is 16.1 Å². The Morgan fingerprint density at radius 3 is 3.00 bits per heavy atom. The first-order chi connectivity index (χ1) is 8.16. The molecule has 0 radical (unpaired) electrons. The van der Waals surface area contributed by atoms with Crippen molar-refractivity contribution in [2.45, 2.75) is 13.5 Å². The number of nitrogens with zero attached hydrogens (tertiary/aromatic N) is 2. The molecular formula is C12H15FN4. The predicted octanol–water partition coefficient (Wildman–Crippen LogP) is 2.02. The van der Waals surface area contributed by atoms with Gasteiger partial charge in [0.25, 0.3) is 0 Å². The molecule has 2 rings (SSSR count). The molecule has 17 heavy (non-hydrogen) atoms. The van der Waals surface area contributed by atoms with Crippen molar-refractivity contribution in [3.8, 4) is 0 Å². The van der Waals surface area contributed by atoms with Crippen LogP contribution in [0.1, 0.15) is 5.56 Å².